The molecular formula is C54H73N5O13S. The predicted octanol–water partition coefficient (Wildman–Crippen LogP) is 4.09. The molecule has 0 aliphatic carbocycles. The van der Waals surface area contributed by atoms with Crippen LogP contribution in [-0.4, -0.2) is 140 Å². The number of nitrogens with zero attached hydrogens (tertiary/aromatic N) is 2. The fraction of sp³-hybridized carbons (Fsp3) is 0.519. The number of aryl methyl sites for hydroxylation is 1. The molecule has 2 aliphatic rings. The monoisotopic (exact) mass is 1030 g/mol. The number of carbonyl (C=O) groups excluding carboxylic acids is 6. The van der Waals surface area contributed by atoms with Gasteiger partial charge in [-0.1, -0.05) is 101 Å². The smallest absolute Gasteiger partial charge is 0.311 e. The van der Waals surface area contributed by atoms with E-state index in [-0.39, 0.29) is 73.2 Å². The van der Waals surface area contributed by atoms with E-state index in [1.54, 1.807) is 32.0 Å². The lowest BCUT2D eigenvalue weighted by Gasteiger charge is -2.42. The summed E-state index contributed by atoms with van der Waals surface area (Å²) in [7, 11) is -3.92. The lowest BCUT2D eigenvalue weighted by atomic mass is 9.98. The summed E-state index contributed by atoms with van der Waals surface area (Å²) in [6, 6.07) is 20.6. The molecule has 3 aromatic rings. The van der Waals surface area contributed by atoms with E-state index in [0.717, 1.165) is 28.0 Å². The number of esters is 1. The Morgan fingerprint density at radius 3 is 2.00 bits per heavy atom. The zero-order valence-electron chi connectivity index (χ0n) is 43.2. The fourth-order valence-electron chi connectivity index (χ4n) is 8.17. The van der Waals surface area contributed by atoms with Gasteiger partial charge in [-0.15, -0.1) is 6.42 Å². The molecule has 2 saturated heterocycles. The molecule has 0 spiro atoms. The molecule has 5 amide bonds. The number of hydrogen-bond donors (Lipinski definition) is 3. The average molecular weight is 1030 g/mol. The van der Waals surface area contributed by atoms with Gasteiger partial charge in [0.1, 0.15) is 44.4 Å². The van der Waals surface area contributed by atoms with Crippen LogP contribution in [0.5, 0.6) is 11.5 Å². The quantitative estimate of drug-likeness (QED) is 0.0271. The van der Waals surface area contributed by atoms with Crippen molar-refractivity contribution in [3.63, 3.8) is 0 Å². The molecule has 2 fully saturated rings. The minimum Gasteiger partial charge on any atom is -0.748 e. The number of terminal acetylenes is 1. The van der Waals surface area contributed by atoms with Crippen molar-refractivity contribution in [2.75, 3.05) is 58.9 Å². The van der Waals surface area contributed by atoms with Crippen molar-refractivity contribution in [1.82, 2.24) is 20.9 Å². The van der Waals surface area contributed by atoms with Gasteiger partial charge in [0, 0.05) is 31.2 Å². The Morgan fingerprint density at radius 2 is 1.44 bits per heavy atom. The van der Waals surface area contributed by atoms with Gasteiger partial charge in [0.2, 0.25) is 17.7 Å². The molecule has 398 valence electrons. The first-order chi connectivity index (χ1) is 34.5. The van der Waals surface area contributed by atoms with Gasteiger partial charge in [-0.05, 0) is 73.8 Å². The van der Waals surface area contributed by atoms with Crippen molar-refractivity contribution in [3.05, 3.63) is 95.6 Å². The standard InChI is InChI=1S/C53H69N5O10.CH4O3S/c1-8-28-66-46-33-41(21-23-45(46)68-48(60)9-2)34-58(26-29-65-30-27-58)35-47(59)57(52(64)53(7)36-67-53)44(22-20-39-16-12-10-13-17-39)51(63)56-42(31-38(5)6)50(62)55-43(32-40-18-14-11-15-19-40)49(61)54-25-24-37(3)4;1-5(2,3)4/h1,10-19,21,23,33,37-38,42-44H,9,20,22,24-32,34-36H2,2-7H3,(H2-,54,55,56,61,62,63);1H3,(H,2,3,4)/t42-,43-,44-,53+;/m0./s1. The van der Waals surface area contributed by atoms with E-state index in [4.69, 9.17) is 38.3 Å². The Hall–Kier alpha value is -6.17. The van der Waals surface area contributed by atoms with Gasteiger partial charge in [0.25, 0.3) is 11.8 Å². The molecule has 0 bridgehead atoms. The van der Waals surface area contributed by atoms with E-state index in [0.29, 0.717) is 58.0 Å². The number of ether oxygens (including phenoxy) is 4. The van der Waals surface area contributed by atoms with Crippen LogP contribution in [-0.2, 0) is 67.7 Å². The summed E-state index contributed by atoms with van der Waals surface area (Å²) in [6.07, 6.45) is 7.82. The molecule has 3 aromatic carbocycles. The Labute approximate surface area is 430 Å². The van der Waals surface area contributed by atoms with E-state index in [1.807, 2.05) is 74.5 Å². The highest BCUT2D eigenvalue weighted by Crippen LogP contribution is 2.33. The number of epoxide rings is 1. The number of rotatable bonds is 25. The summed E-state index contributed by atoms with van der Waals surface area (Å²) in [5, 5.41) is 8.86. The highest BCUT2D eigenvalue weighted by Gasteiger charge is 2.54. The van der Waals surface area contributed by atoms with Crippen molar-refractivity contribution in [2.24, 2.45) is 11.8 Å². The molecule has 19 heteroatoms. The highest BCUT2D eigenvalue weighted by atomic mass is 32.2. The zero-order valence-corrected chi connectivity index (χ0v) is 44.0. The molecule has 73 heavy (non-hydrogen) atoms. The van der Waals surface area contributed by atoms with Gasteiger partial charge in [0.15, 0.2) is 23.6 Å². The van der Waals surface area contributed by atoms with Crippen LogP contribution in [0.2, 0.25) is 0 Å². The van der Waals surface area contributed by atoms with Gasteiger partial charge in [-0.25, -0.2) is 8.42 Å². The molecule has 2 aliphatic heterocycles. The molecule has 0 saturated carbocycles. The second kappa shape index (κ2) is 28.3. The maximum absolute atomic E-state index is 15.2. The van der Waals surface area contributed by atoms with Gasteiger partial charge in [-0.2, -0.15) is 0 Å². The summed E-state index contributed by atoms with van der Waals surface area (Å²) in [5.74, 6) is -0.0777. The molecular weight excluding hydrogens is 959 g/mol. The van der Waals surface area contributed by atoms with Gasteiger partial charge < -0.3 is 43.9 Å². The largest absolute Gasteiger partial charge is 0.748 e. The molecule has 0 radical (unpaired) electrons. The molecule has 18 nitrogen and oxygen atoms in total. The van der Waals surface area contributed by atoms with E-state index in [9.17, 15) is 19.2 Å². The Morgan fingerprint density at radius 1 is 0.836 bits per heavy atom. The number of carbonyl (C=O) groups is 6. The SMILES string of the molecule is C#CCOc1cc(C[N+]2(CC(=O)N(C(=O)[C@@]3(C)CO3)[C@@H](CCc3ccccc3)C(=O)N[C@@H](CC(C)C)C(=O)N[C@@H](Cc3ccccc3)C(=O)NCCC(C)C)CCOCC2)ccc1OC(=O)CC.CS(=O)(=O)[O-]. The van der Waals surface area contributed by atoms with Crippen LogP contribution >= 0.6 is 0 Å². The molecule has 0 aromatic heterocycles. The van der Waals surface area contributed by atoms with E-state index in [1.165, 1.54) is 0 Å². The Kier molecular flexibility index (Phi) is 23.0. The van der Waals surface area contributed by atoms with Crippen LogP contribution in [0.15, 0.2) is 78.9 Å². The highest BCUT2D eigenvalue weighted by molar-refractivity contribution is 7.84. The van der Waals surface area contributed by atoms with Crippen LogP contribution in [0.4, 0.5) is 0 Å². The molecule has 2 heterocycles. The third-order valence-electron chi connectivity index (χ3n) is 12.2. The van der Waals surface area contributed by atoms with Crippen LogP contribution < -0.4 is 25.4 Å². The summed E-state index contributed by atoms with van der Waals surface area (Å²) in [6.45, 7) is 13.3. The average Bonchev–Trinajstić information content (AvgIpc) is 4.10. The lowest BCUT2D eigenvalue weighted by Crippen LogP contribution is -2.64. The van der Waals surface area contributed by atoms with E-state index < -0.39 is 63.4 Å². The number of nitrogens with one attached hydrogen (secondary N) is 3. The van der Waals surface area contributed by atoms with Crippen molar-refractivity contribution < 1.29 is 65.2 Å². The summed E-state index contributed by atoms with van der Waals surface area (Å²) >= 11 is 0. The first-order valence-electron chi connectivity index (χ1n) is 24.8. The number of morpholine rings is 1. The summed E-state index contributed by atoms with van der Waals surface area (Å²) in [5.41, 5.74) is 1.14. The summed E-state index contributed by atoms with van der Waals surface area (Å²) in [4.78, 5) is 86.4. The minimum atomic E-state index is -3.92. The van der Waals surface area contributed by atoms with Crippen molar-refractivity contribution in [3.8, 4) is 23.8 Å². The maximum atomic E-state index is 15.2. The lowest BCUT2D eigenvalue weighted by molar-refractivity contribution is -0.940. The molecule has 5 rings (SSSR count). The molecule has 3 N–H and O–H groups in total. The normalized spacial score (nSPS) is 17.1. The second-order valence-electron chi connectivity index (χ2n) is 19.6. The number of imide groups is 1. The maximum Gasteiger partial charge on any atom is 0.311 e. The molecule has 0 unspecified atom stereocenters. The zero-order chi connectivity index (χ0) is 53.8. The number of amides is 5. The van der Waals surface area contributed by atoms with Crippen molar-refractivity contribution >= 4 is 45.6 Å². The second-order valence-corrected chi connectivity index (χ2v) is 21.0. The van der Waals surface area contributed by atoms with Crippen molar-refractivity contribution in [1.29, 1.82) is 0 Å². The van der Waals surface area contributed by atoms with Crippen LogP contribution in [0.1, 0.15) is 83.9 Å². The van der Waals surface area contributed by atoms with Crippen molar-refractivity contribution in [2.45, 2.75) is 110 Å². The fourth-order valence-corrected chi connectivity index (χ4v) is 8.17. The first-order valence-corrected chi connectivity index (χ1v) is 26.6. The van der Waals surface area contributed by atoms with Gasteiger partial charge >= 0.3 is 5.97 Å². The topological polar surface area (TPSA) is 239 Å². The third kappa shape index (κ3) is 20.3. The first kappa shape index (κ1) is 59.4. The predicted molar refractivity (Wildman–Crippen MR) is 272 cm³/mol. The third-order valence-corrected chi connectivity index (χ3v) is 12.2. The van der Waals surface area contributed by atoms with E-state index in [2.05, 4.69) is 35.7 Å². The van der Waals surface area contributed by atoms with E-state index >= 15 is 9.59 Å². The van der Waals surface area contributed by atoms with Gasteiger partial charge in [-0.3, -0.25) is 33.7 Å². The Bertz CT molecular complexity index is 2460. The molecule has 4 atom stereocenters. The number of hydrogen-bond acceptors (Lipinski definition) is 13. The Balaban J connectivity index is 0.00000220. The van der Waals surface area contributed by atoms with Crippen LogP contribution in [0.25, 0.3) is 0 Å². The number of benzene rings is 3. The van der Waals surface area contributed by atoms with Crippen LogP contribution in [0.3, 0.4) is 0 Å². The van der Waals surface area contributed by atoms with Crippen LogP contribution in [0, 0.1) is 24.2 Å². The minimum absolute atomic E-state index is 0.0469. The van der Waals surface area contributed by atoms with Gasteiger partial charge in [0.05, 0.1) is 29.9 Å². The number of quaternary nitrogens is 1. The summed E-state index contributed by atoms with van der Waals surface area (Å²) < 4.78 is 50.1.